The molecule has 0 saturated heterocycles. The number of aliphatic imine (C=N–C) groups is 1. The number of fused-ring (bicyclic) bond motifs is 1. The molecule has 26 heavy (non-hydrogen) atoms. The number of guanidine groups is 1. The van der Waals surface area contributed by atoms with E-state index in [2.05, 4.69) is 25.9 Å². The Balaban J connectivity index is 1.51. The molecule has 1 aliphatic rings. The first-order valence-corrected chi connectivity index (χ1v) is 8.85. The quantitative estimate of drug-likeness (QED) is 0.665. The Labute approximate surface area is 153 Å². The largest absolute Gasteiger partial charge is 0.324 e. The highest BCUT2D eigenvalue weighted by Crippen LogP contribution is 2.25. The maximum Gasteiger partial charge on any atom is 0.249 e. The van der Waals surface area contributed by atoms with Crippen molar-refractivity contribution in [1.29, 1.82) is 0 Å². The second-order valence-electron chi connectivity index (χ2n) is 5.71. The lowest BCUT2D eigenvalue weighted by molar-refractivity contribution is -0.124. The molecule has 130 valence electrons. The Kier molecular flexibility index (Phi) is 4.32. The Hall–Kier alpha value is -3.26. The number of carbonyl (C=O) groups excluding carboxylic acids is 2. The number of hydrogen-bond acceptors (Lipinski definition) is 6. The Morgan fingerprint density at radius 3 is 2.69 bits per heavy atom. The van der Waals surface area contributed by atoms with Gasteiger partial charge in [-0.1, -0.05) is 41.7 Å². The van der Waals surface area contributed by atoms with Crippen LogP contribution in [0.1, 0.15) is 6.42 Å². The van der Waals surface area contributed by atoms with E-state index in [0.29, 0.717) is 10.8 Å². The first-order chi connectivity index (χ1) is 12.7. The fourth-order valence-electron chi connectivity index (χ4n) is 2.58. The van der Waals surface area contributed by atoms with E-state index in [1.165, 1.54) is 11.3 Å². The number of aromatic nitrogens is 1. The van der Waals surface area contributed by atoms with Crippen molar-refractivity contribution in [2.45, 2.75) is 12.5 Å². The van der Waals surface area contributed by atoms with Crippen LogP contribution in [0.2, 0.25) is 0 Å². The molecule has 1 aromatic heterocycles. The molecular formula is C18H15N5O2S. The molecule has 0 saturated carbocycles. The van der Waals surface area contributed by atoms with Gasteiger partial charge in [0.2, 0.25) is 17.8 Å². The molecule has 1 aliphatic heterocycles. The van der Waals surface area contributed by atoms with Crippen LogP contribution in [-0.4, -0.2) is 28.8 Å². The van der Waals surface area contributed by atoms with Gasteiger partial charge in [-0.25, -0.2) is 9.98 Å². The number of para-hydroxylation sites is 2. The highest BCUT2D eigenvalue weighted by molar-refractivity contribution is 7.22. The van der Waals surface area contributed by atoms with Gasteiger partial charge in [0, 0.05) is 5.69 Å². The molecule has 2 amide bonds. The third-order valence-corrected chi connectivity index (χ3v) is 4.74. The zero-order chi connectivity index (χ0) is 17.9. The van der Waals surface area contributed by atoms with Crippen molar-refractivity contribution >= 4 is 50.1 Å². The van der Waals surface area contributed by atoms with Crippen LogP contribution < -0.4 is 16.0 Å². The van der Waals surface area contributed by atoms with Gasteiger partial charge in [-0.3, -0.25) is 14.9 Å². The summed E-state index contributed by atoms with van der Waals surface area (Å²) in [5.74, 6) is -0.361. The van der Waals surface area contributed by atoms with Crippen molar-refractivity contribution < 1.29 is 9.59 Å². The lowest BCUT2D eigenvalue weighted by atomic mass is 10.1. The van der Waals surface area contributed by atoms with Crippen molar-refractivity contribution in [1.82, 2.24) is 10.3 Å². The van der Waals surface area contributed by atoms with Gasteiger partial charge >= 0.3 is 0 Å². The summed E-state index contributed by atoms with van der Waals surface area (Å²) < 4.78 is 1.02. The highest BCUT2D eigenvalue weighted by atomic mass is 32.1. The summed E-state index contributed by atoms with van der Waals surface area (Å²) in [7, 11) is 0. The second-order valence-corrected chi connectivity index (χ2v) is 6.74. The molecule has 7 nitrogen and oxygen atoms in total. The van der Waals surface area contributed by atoms with E-state index in [0.717, 1.165) is 10.2 Å². The number of amides is 2. The number of nitrogens with one attached hydrogen (secondary N) is 3. The van der Waals surface area contributed by atoms with Gasteiger partial charge in [0.05, 0.1) is 16.6 Å². The zero-order valence-electron chi connectivity index (χ0n) is 13.6. The zero-order valence-corrected chi connectivity index (χ0v) is 14.4. The lowest BCUT2D eigenvalue weighted by Gasteiger charge is -2.20. The van der Waals surface area contributed by atoms with Gasteiger partial charge in [-0.15, -0.1) is 0 Å². The summed E-state index contributed by atoms with van der Waals surface area (Å²) >= 11 is 1.45. The third-order valence-electron chi connectivity index (χ3n) is 3.78. The highest BCUT2D eigenvalue weighted by Gasteiger charge is 2.27. The number of thiazole rings is 1. The van der Waals surface area contributed by atoms with Crippen LogP contribution in [-0.2, 0) is 9.59 Å². The van der Waals surface area contributed by atoms with Gasteiger partial charge in [0.15, 0.2) is 5.13 Å². The monoisotopic (exact) mass is 365 g/mol. The molecule has 3 aromatic rings. The summed E-state index contributed by atoms with van der Waals surface area (Å²) in [6.07, 6.45) is 0.00366. The van der Waals surface area contributed by atoms with E-state index in [9.17, 15) is 9.59 Å². The van der Waals surface area contributed by atoms with Crippen LogP contribution in [0.25, 0.3) is 10.2 Å². The standard InChI is InChI=1S/C18H15N5O2S/c24-15-10-13(16(25)19-11-6-2-1-3-7-11)20-17(22-15)23-18-21-12-8-4-5-9-14(12)26-18/h1-9,13H,10H2,(H,19,25)(H2,20,21,22,23,24)/t13-/m1/s1. The third kappa shape index (κ3) is 3.55. The van der Waals surface area contributed by atoms with Crippen LogP contribution >= 0.6 is 11.3 Å². The first-order valence-electron chi connectivity index (χ1n) is 8.03. The summed E-state index contributed by atoms with van der Waals surface area (Å²) in [5, 5.41) is 9.02. The number of hydrogen-bond donors (Lipinski definition) is 3. The lowest BCUT2D eigenvalue weighted by Crippen LogP contribution is -2.45. The molecule has 0 fully saturated rings. The van der Waals surface area contributed by atoms with Gasteiger partial charge in [-0.05, 0) is 24.3 Å². The van der Waals surface area contributed by atoms with Crippen molar-refractivity contribution in [3.05, 3.63) is 54.6 Å². The van der Waals surface area contributed by atoms with E-state index < -0.39 is 6.04 Å². The summed E-state index contributed by atoms with van der Waals surface area (Å²) in [5.41, 5.74) is 1.53. The fraction of sp³-hybridized carbons (Fsp3) is 0.111. The predicted molar refractivity (Wildman–Crippen MR) is 102 cm³/mol. The summed E-state index contributed by atoms with van der Waals surface area (Å²) in [4.78, 5) is 33.2. The van der Waals surface area contributed by atoms with Crippen molar-refractivity contribution in [3.8, 4) is 0 Å². The van der Waals surface area contributed by atoms with E-state index in [1.54, 1.807) is 12.1 Å². The number of benzene rings is 2. The van der Waals surface area contributed by atoms with Gasteiger partial charge in [0.25, 0.3) is 0 Å². The minimum Gasteiger partial charge on any atom is -0.324 e. The average Bonchev–Trinajstić information content (AvgIpc) is 3.04. The fourth-order valence-corrected chi connectivity index (χ4v) is 3.45. The maximum atomic E-state index is 12.4. The van der Waals surface area contributed by atoms with Gasteiger partial charge < -0.3 is 10.6 Å². The molecule has 4 rings (SSSR count). The molecule has 3 N–H and O–H groups in total. The SMILES string of the molecule is O=C1C[C@H](C(=O)Nc2ccccc2)N=C(Nc2nc3ccccc3s2)N1. The molecule has 1 atom stereocenters. The van der Waals surface area contributed by atoms with E-state index >= 15 is 0 Å². The minimum absolute atomic E-state index is 0.00366. The van der Waals surface area contributed by atoms with Gasteiger partial charge in [0.1, 0.15) is 6.04 Å². The number of anilines is 2. The smallest absolute Gasteiger partial charge is 0.249 e. The predicted octanol–water partition coefficient (Wildman–Crippen LogP) is 2.59. The Morgan fingerprint density at radius 2 is 1.88 bits per heavy atom. The van der Waals surface area contributed by atoms with Crippen molar-refractivity contribution in [2.24, 2.45) is 4.99 Å². The molecule has 0 aliphatic carbocycles. The van der Waals surface area contributed by atoms with Crippen LogP contribution in [0.3, 0.4) is 0 Å². The second kappa shape index (κ2) is 6.93. The van der Waals surface area contributed by atoms with E-state index in [1.807, 2.05) is 42.5 Å². The topological polar surface area (TPSA) is 95.5 Å². The normalized spacial score (nSPS) is 16.7. The van der Waals surface area contributed by atoms with Crippen LogP contribution in [0.4, 0.5) is 10.8 Å². The Morgan fingerprint density at radius 1 is 1.12 bits per heavy atom. The van der Waals surface area contributed by atoms with Crippen molar-refractivity contribution in [3.63, 3.8) is 0 Å². The molecule has 2 aromatic carbocycles. The number of rotatable bonds is 3. The molecule has 2 heterocycles. The van der Waals surface area contributed by atoms with Crippen LogP contribution in [0.15, 0.2) is 59.6 Å². The minimum atomic E-state index is -0.791. The molecule has 0 spiro atoms. The summed E-state index contributed by atoms with van der Waals surface area (Å²) in [6, 6.07) is 16.0. The van der Waals surface area contributed by atoms with E-state index in [4.69, 9.17) is 0 Å². The number of nitrogens with zero attached hydrogens (tertiary/aromatic N) is 2. The van der Waals surface area contributed by atoms with Crippen LogP contribution in [0.5, 0.6) is 0 Å². The summed E-state index contributed by atoms with van der Waals surface area (Å²) in [6.45, 7) is 0. The van der Waals surface area contributed by atoms with Crippen molar-refractivity contribution in [2.75, 3.05) is 10.6 Å². The first kappa shape index (κ1) is 16.2. The molecule has 0 bridgehead atoms. The molecule has 8 heteroatoms. The van der Waals surface area contributed by atoms with Gasteiger partial charge in [-0.2, -0.15) is 0 Å². The number of carbonyl (C=O) groups is 2. The molecular weight excluding hydrogens is 350 g/mol. The van der Waals surface area contributed by atoms with Crippen LogP contribution in [0, 0.1) is 0 Å². The maximum absolute atomic E-state index is 12.4. The average molecular weight is 365 g/mol. The van der Waals surface area contributed by atoms with E-state index in [-0.39, 0.29) is 24.2 Å². The Bertz CT molecular complexity index is 966. The molecule has 0 radical (unpaired) electrons. The molecule has 0 unspecified atom stereocenters.